The minimum Gasteiger partial charge on any atom is -0.486 e. The first-order chi connectivity index (χ1) is 7.59. The SMILES string of the molecule is CC(C)c1cc(C(=O)O)cc2c1OCCO2. The van der Waals surface area contributed by atoms with E-state index < -0.39 is 5.97 Å². The normalized spacial score (nSPS) is 13.9. The minimum absolute atomic E-state index is 0.203. The molecule has 4 nitrogen and oxygen atoms in total. The fraction of sp³-hybridized carbons (Fsp3) is 0.417. The summed E-state index contributed by atoms with van der Waals surface area (Å²) in [6.45, 7) is 4.98. The summed E-state index contributed by atoms with van der Waals surface area (Å²) in [5, 5.41) is 9.00. The van der Waals surface area contributed by atoms with E-state index in [0.29, 0.717) is 24.7 Å². The molecule has 0 amide bonds. The average Bonchev–Trinajstić information content (AvgIpc) is 2.27. The van der Waals surface area contributed by atoms with Gasteiger partial charge in [0.05, 0.1) is 5.56 Å². The molecule has 0 radical (unpaired) electrons. The van der Waals surface area contributed by atoms with Crippen LogP contribution in [0.25, 0.3) is 0 Å². The van der Waals surface area contributed by atoms with Gasteiger partial charge in [-0.25, -0.2) is 4.79 Å². The van der Waals surface area contributed by atoms with E-state index in [4.69, 9.17) is 14.6 Å². The van der Waals surface area contributed by atoms with Crippen molar-refractivity contribution >= 4 is 5.97 Å². The maximum Gasteiger partial charge on any atom is 0.335 e. The predicted octanol–water partition coefficient (Wildman–Crippen LogP) is 2.28. The van der Waals surface area contributed by atoms with E-state index in [1.54, 1.807) is 6.07 Å². The van der Waals surface area contributed by atoms with Gasteiger partial charge in [-0.05, 0) is 18.1 Å². The van der Waals surface area contributed by atoms with Gasteiger partial charge in [-0.1, -0.05) is 13.8 Å². The summed E-state index contributed by atoms with van der Waals surface area (Å²) < 4.78 is 10.9. The molecule has 0 unspecified atom stereocenters. The van der Waals surface area contributed by atoms with Gasteiger partial charge in [0.2, 0.25) is 0 Å². The van der Waals surface area contributed by atoms with Crippen molar-refractivity contribution in [3.8, 4) is 11.5 Å². The van der Waals surface area contributed by atoms with Gasteiger partial charge in [-0.2, -0.15) is 0 Å². The number of fused-ring (bicyclic) bond motifs is 1. The fourth-order valence-electron chi connectivity index (χ4n) is 1.73. The lowest BCUT2D eigenvalue weighted by molar-refractivity contribution is 0.0695. The summed E-state index contributed by atoms with van der Waals surface area (Å²) in [4.78, 5) is 11.0. The van der Waals surface area contributed by atoms with Crippen molar-refractivity contribution < 1.29 is 19.4 Å². The molecule has 0 saturated carbocycles. The third kappa shape index (κ3) is 1.83. The summed E-state index contributed by atoms with van der Waals surface area (Å²) in [6.07, 6.45) is 0. The summed E-state index contributed by atoms with van der Waals surface area (Å²) in [7, 11) is 0. The third-order valence-corrected chi connectivity index (χ3v) is 2.54. The zero-order valence-corrected chi connectivity index (χ0v) is 9.32. The first-order valence-corrected chi connectivity index (χ1v) is 5.26. The lowest BCUT2D eigenvalue weighted by Crippen LogP contribution is -2.17. The van der Waals surface area contributed by atoms with E-state index in [-0.39, 0.29) is 11.5 Å². The number of rotatable bonds is 2. The first-order valence-electron chi connectivity index (χ1n) is 5.26. The van der Waals surface area contributed by atoms with Crippen LogP contribution in [0, 0.1) is 0 Å². The van der Waals surface area contributed by atoms with Gasteiger partial charge in [0, 0.05) is 5.56 Å². The van der Waals surface area contributed by atoms with Crippen molar-refractivity contribution in [3.63, 3.8) is 0 Å². The molecule has 1 aromatic rings. The van der Waals surface area contributed by atoms with E-state index in [1.807, 2.05) is 13.8 Å². The second-order valence-electron chi connectivity index (χ2n) is 4.05. The average molecular weight is 222 g/mol. The summed E-state index contributed by atoms with van der Waals surface area (Å²) in [5.41, 5.74) is 1.13. The highest BCUT2D eigenvalue weighted by atomic mass is 16.6. The van der Waals surface area contributed by atoms with Crippen LogP contribution in [0.2, 0.25) is 0 Å². The second-order valence-corrected chi connectivity index (χ2v) is 4.05. The molecular weight excluding hydrogens is 208 g/mol. The number of aromatic carboxylic acids is 1. The highest BCUT2D eigenvalue weighted by Crippen LogP contribution is 2.38. The Hall–Kier alpha value is -1.71. The monoisotopic (exact) mass is 222 g/mol. The van der Waals surface area contributed by atoms with Gasteiger partial charge in [-0.15, -0.1) is 0 Å². The molecule has 0 saturated heterocycles. The smallest absolute Gasteiger partial charge is 0.335 e. The van der Waals surface area contributed by atoms with Crippen molar-refractivity contribution in [2.75, 3.05) is 13.2 Å². The largest absolute Gasteiger partial charge is 0.486 e. The van der Waals surface area contributed by atoms with Gasteiger partial charge >= 0.3 is 5.97 Å². The van der Waals surface area contributed by atoms with E-state index in [9.17, 15) is 4.79 Å². The van der Waals surface area contributed by atoms with Crippen molar-refractivity contribution in [2.45, 2.75) is 19.8 Å². The molecule has 0 aromatic heterocycles. The third-order valence-electron chi connectivity index (χ3n) is 2.54. The zero-order chi connectivity index (χ0) is 11.7. The van der Waals surface area contributed by atoms with E-state index in [0.717, 1.165) is 5.56 Å². The molecule has 0 atom stereocenters. The fourth-order valence-corrected chi connectivity index (χ4v) is 1.73. The standard InChI is InChI=1S/C12H14O4/c1-7(2)9-5-8(12(13)14)6-10-11(9)16-4-3-15-10/h5-7H,3-4H2,1-2H3,(H,13,14). The lowest BCUT2D eigenvalue weighted by atomic mass is 9.98. The Balaban J connectivity index is 2.56. The molecule has 1 N–H and O–H groups in total. The molecule has 1 aliphatic heterocycles. The Kier molecular flexibility index (Phi) is 2.73. The van der Waals surface area contributed by atoms with E-state index >= 15 is 0 Å². The maximum atomic E-state index is 11.0. The maximum absolute atomic E-state index is 11.0. The minimum atomic E-state index is -0.945. The van der Waals surface area contributed by atoms with Crippen LogP contribution in [0.1, 0.15) is 35.7 Å². The molecule has 4 heteroatoms. The number of carboxylic acid groups (broad SMARTS) is 1. The van der Waals surface area contributed by atoms with Gasteiger partial charge in [0.15, 0.2) is 11.5 Å². The predicted molar refractivity (Wildman–Crippen MR) is 58.5 cm³/mol. The van der Waals surface area contributed by atoms with Gasteiger partial charge < -0.3 is 14.6 Å². The summed E-state index contributed by atoms with van der Waals surface area (Å²) >= 11 is 0. The number of carbonyl (C=O) groups is 1. The molecule has 1 aromatic carbocycles. The van der Waals surface area contributed by atoms with Crippen molar-refractivity contribution in [1.82, 2.24) is 0 Å². The van der Waals surface area contributed by atoms with Crippen LogP contribution in [0.4, 0.5) is 0 Å². The van der Waals surface area contributed by atoms with Crippen molar-refractivity contribution in [2.24, 2.45) is 0 Å². The molecule has 0 aliphatic carbocycles. The van der Waals surface area contributed by atoms with Gasteiger partial charge in [0.25, 0.3) is 0 Å². The molecule has 0 spiro atoms. The quantitative estimate of drug-likeness (QED) is 0.834. The molecule has 0 fully saturated rings. The van der Waals surface area contributed by atoms with Crippen LogP contribution in [0.3, 0.4) is 0 Å². The number of hydrogen-bond donors (Lipinski definition) is 1. The van der Waals surface area contributed by atoms with Gasteiger partial charge in [0.1, 0.15) is 13.2 Å². The number of benzene rings is 1. The Morgan fingerprint density at radius 1 is 1.31 bits per heavy atom. The molecule has 1 aliphatic rings. The van der Waals surface area contributed by atoms with Crippen LogP contribution >= 0.6 is 0 Å². The van der Waals surface area contributed by atoms with Crippen LogP contribution in [0.5, 0.6) is 11.5 Å². The summed E-state index contributed by atoms with van der Waals surface area (Å²) in [5.74, 6) is 0.481. The Bertz CT molecular complexity index is 423. The number of ether oxygens (including phenoxy) is 2. The molecule has 1 heterocycles. The molecule has 86 valence electrons. The Morgan fingerprint density at radius 3 is 2.62 bits per heavy atom. The van der Waals surface area contributed by atoms with Crippen LogP contribution < -0.4 is 9.47 Å². The highest BCUT2D eigenvalue weighted by Gasteiger charge is 2.21. The van der Waals surface area contributed by atoms with Crippen LogP contribution in [-0.2, 0) is 0 Å². The highest BCUT2D eigenvalue weighted by molar-refractivity contribution is 5.89. The van der Waals surface area contributed by atoms with Crippen molar-refractivity contribution in [1.29, 1.82) is 0 Å². The Morgan fingerprint density at radius 2 is 2.00 bits per heavy atom. The van der Waals surface area contributed by atoms with E-state index in [2.05, 4.69) is 0 Å². The summed E-state index contributed by atoms with van der Waals surface area (Å²) in [6, 6.07) is 3.17. The second kappa shape index (κ2) is 4.04. The zero-order valence-electron chi connectivity index (χ0n) is 9.32. The Labute approximate surface area is 93.8 Å². The van der Waals surface area contributed by atoms with Crippen molar-refractivity contribution in [3.05, 3.63) is 23.3 Å². The number of hydrogen-bond acceptors (Lipinski definition) is 3. The van der Waals surface area contributed by atoms with Crippen LogP contribution in [0.15, 0.2) is 12.1 Å². The van der Waals surface area contributed by atoms with Crippen LogP contribution in [-0.4, -0.2) is 24.3 Å². The molecular formula is C12H14O4. The molecule has 2 rings (SSSR count). The number of carboxylic acids is 1. The lowest BCUT2D eigenvalue weighted by Gasteiger charge is -2.23. The first kappa shape index (κ1) is 10.8. The molecule has 0 bridgehead atoms. The van der Waals surface area contributed by atoms with Gasteiger partial charge in [-0.3, -0.25) is 0 Å². The topological polar surface area (TPSA) is 55.8 Å². The van der Waals surface area contributed by atoms with E-state index in [1.165, 1.54) is 6.07 Å². The molecule has 16 heavy (non-hydrogen) atoms.